The average molecular weight is 272 g/mol. The molecule has 1 rings (SSSR count). The Morgan fingerprint density at radius 3 is 2.26 bits per heavy atom. The number of hydrogen-bond donors (Lipinski definition) is 1. The summed E-state index contributed by atoms with van der Waals surface area (Å²) in [6.45, 7) is 12.6. The molecule has 19 heavy (non-hydrogen) atoms. The fraction of sp³-hybridized carbons (Fsp3) is 0.929. The van der Waals surface area contributed by atoms with E-state index in [2.05, 4.69) is 24.1 Å². The summed E-state index contributed by atoms with van der Waals surface area (Å²) in [7, 11) is 0. The average Bonchev–Trinajstić information content (AvgIpc) is 2.66. The van der Waals surface area contributed by atoms with Crippen LogP contribution in [0.4, 0.5) is 0 Å². The highest BCUT2D eigenvalue weighted by Gasteiger charge is 2.25. The molecule has 0 spiro atoms. The van der Waals surface area contributed by atoms with E-state index in [0.29, 0.717) is 26.4 Å². The molecule has 1 saturated heterocycles. The van der Waals surface area contributed by atoms with Gasteiger partial charge in [-0.3, -0.25) is 4.79 Å². The number of ether oxygens (including phenoxy) is 2. The summed E-state index contributed by atoms with van der Waals surface area (Å²) in [5, 5.41) is 2.68. The molecule has 112 valence electrons. The molecule has 1 N–H and O–H groups in total. The highest BCUT2D eigenvalue weighted by atomic mass is 16.5. The number of amides is 1. The van der Waals surface area contributed by atoms with Gasteiger partial charge in [0.1, 0.15) is 0 Å². The van der Waals surface area contributed by atoms with Gasteiger partial charge in [-0.1, -0.05) is 13.8 Å². The largest absolute Gasteiger partial charge is 0.378 e. The van der Waals surface area contributed by atoms with E-state index >= 15 is 0 Å². The number of likely N-dealkylation sites (tertiary alicyclic amines) is 1. The molecule has 5 heteroatoms. The zero-order valence-corrected chi connectivity index (χ0v) is 12.5. The lowest BCUT2D eigenvalue weighted by molar-refractivity contribution is -0.119. The normalized spacial score (nSPS) is 23.7. The van der Waals surface area contributed by atoms with Gasteiger partial charge >= 0.3 is 0 Å². The van der Waals surface area contributed by atoms with Crippen LogP contribution in [0.25, 0.3) is 0 Å². The zero-order valence-electron chi connectivity index (χ0n) is 12.5. The van der Waals surface area contributed by atoms with Crippen molar-refractivity contribution >= 4 is 5.91 Å². The molecule has 1 fully saturated rings. The third-order valence-electron chi connectivity index (χ3n) is 3.61. The highest BCUT2D eigenvalue weighted by molar-refractivity contribution is 5.72. The molecule has 5 nitrogen and oxygen atoms in total. The lowest BCUT2D eigenvalue weighted by Crippen LogP contribution is -2.26. The van der Waals surface area contributed by atoms with E-state index in [9.17, 15) is 4.79 Å². The maximum absolute atomic E-state index is 10.6. The molecule has 0 radical (unpaired) electrons. The van der Waals surface area contributed by atoms with E-state index in [1.807, 2.05) is 0 Å². The van der Waals surface area contributed by atoms with Gasteiger partial charge in [0.25, 0.3) is 0 Å². The number of hydrogen-bond acceptors (Lipinski definition) is 4. The van der Waals surface area contributed by atoms with Gasteiger partial charge < -0.3 is 19.7 Å². The van der Waals surface area contributed by atoms with Crippen molar-refractivity contribution in [3.63, 3.8) is 0 Å². The summed E-state index contributed by atoms with van der Waals surface area (Å²) in [4.78, 5) is 13.1. The lowest BCUT2D eigenvalue weighted by atomic mass is 10.0. The molecule has 0 bridgehead atoms. The van der Waals surface area contributed by atoms with Crippen molar-refractivity contribution < 1.29 is 14.3 Å². The second-order valence-corrected chi connectivity index (χ2v) is 5.42. The van der Waals surface area contributed by atoms with Gasteiger partial charge in [-0.25, -0.2) is 0 Å². The topological polar surface area (TPSA) is 50.8 Å². The summed E-state index contributed by atoms with van der Waals surface area (Å²) in [6.07, 6.45) is 0. The van der Waals surface area contributed by atoms with E-state index in [-0.39, 0.29) is 5.91 Å². The van der Waals surface area contributed by atoms with E-state index in [1.54, 1.807) is 0 Å². The van der Waals surface area contributed by atoms with E-state index in [0.717, 1.165) is 25.0 Å². The van der Waals surface area contributed by atoms with Gasteiger partial charge in [0, 0.05) is 33.1 Å². The Balaban J connectivity index is 1.83. The second-order valence-electron chi connectivity index (χ2n) is 5.42. The molecule has 2 unspecified atom stereocenters. The number of carbonyl (C=O) groups is 1. The number of nitrogens with zero attached hydrogens (tertiary/aromatic N) is 1. The van der Waals surface area contributed by atoms with Gasteiger partial charge in [-0.15, -0.1) is 0 Å². The molecule has 0 aliphatic carbocycles. The molecule has 2 atom stereocenters. The van der Waals surface area contributed by atoms with Gasteiger partial charge in [0.15, 0.2) is 0 Å². The van der Waals surface area contributed by atoms with Crippen molar-refractivity contribution in [3.8, 4) is 0 Å². The summed E-state index contributed by atoms with van der Waals surface area (Å²) in [6, 6.07) is 0. The van der Waals surface area contributed by atoms with Crippen LogP contribution in [-0.4, -0.2) is 63.4 Å². The quantitative estimate of drug-likeness (QED) is 0.629. The molecule has 0 aromatic heterocycles. The zero-order chi connectivity index (χ0) is 14.1. The number of rotatable bonds is 9. The van der Waals surface area contributed by atoms with Crippen LogP contribution < -0.4 is 5.32 Å². The monoisotopic (exact) mass is 272 g/mol. The second kappa shape index (κ2) is 9.28. The standard InChI is InChI=1S/C14H28N2O3/c1-12-10-16(11-13(12)2)5-7-19-9-8-18-6-4-15-14(3)17/h12-13H,4-11H2,1-3H3,(H,15,17). The molecule has 1 heterocycles. The van der Waals surface area contributed by atoms with Gasteiger partial charge in [0.05, 0.1) is 26.4 Å². The molecule has 0 aromatic carbocycles. The van der Waals surface area contributed by atoms with Crippen LogP contribution in [0, 0.1) is 11.8 Å². The van der Waals surface area contributed by atoms with Crippen LogP contribution in [0.1, 0.15) is 20.8 Å². The SMILES string of the molecule is CC(=O)NCCOCCOCCN1CC(C)C(C)C1. The fourth-order valence-corrected chi connectivity index (χ4v) is 2.25. The predicted octanol–water partition coefficient (Wildman–Crippen LogP) is 0.744. The maximum Gasteiger partial charge on any atom is 0.216 e. The van der Waals surface area contributed by atoms with Crippen molar-refractivity contribution in [2.45, 2.75) is 20.8 Å². The van der Waals surface area contributed by atoms with Crippen molar-refractivity contribution in [1.29, 1.82) is 0 Å². The van der Waals surface area contributed by atoms with Crippen molar-refractivity contribution in [1.82, 2.24) is 10.2 Å². The molecule has 1 amide bonds. The minimum Gasteiger partial charge on any atom is -0.378 e. The van der Waals surface area contributed by atoms with Gasteiger partial charge in [0.2, 0.25) is 5.91 Å². The Hall–Kier alpha value is -0.650. The van der Waals surface area contributed by atoms with Crippen LogP contribution in [-0.2, 0) is 14.3 Å². The fourth-order valence-electron chi connectivity index (χ4n) is 2.25. The Kier molecular flexibility index (Phi) is 8.02. The smallest absolute Gasteiger partial charge is 0.216 e. The molecule has 0 aromatic rings. The minimum atomic E-state index is -0.0195. The van der Waals surface area contributed by atoms with E-state index in [1.165, 1.54) is 20.0 Å². The van der Waals surface area contributed by atoms with Crippen molar-refractivity contribution in [2.24, 2.45) is 11.8 Å². The Morgan fingerprint density at radius 2 is 1.68 bits per heavy atom. The third-order valence-corrected chi connectivity index (χ3v) is 3.61. The van der Waals surface area contributed by atoms with Gasteiger partial charge in [-0.05, 0) is 11.8 Å². The predicted molar refractivity (Wildman–Crippen MR) is 75.1 cm³/mol. The first-order valence-electron chi connectivity index (χ1n) is 7.22. The van der Waals surface area contributed by atoms with Gasteiger partial charge in [-0.2, -0.15) is 0 Å². The third kappa shape index (κ3) is 7.50. The highest BCUT2D eigenvalue weighted by Crippen LogP contribution is 2.21. The Bertz CT molecular complexity index is 251. The number of carbonyl (C=O) groups excluding carboxylic acids is 1. The maximum atomic E-state index is 10.6. The first-order chi connectivity index (χ1) is 9.09. The molecular weight excluding hydrogens is 244 g/mol. The summed E-state index contributed by atoms with van der Waals surface area (Å²) in [5.74, 6) is 1.59. The number of nitrogens with one attached hydrogen (secondary N) is 1. The summed E-state index contributed by atoms with van der Waals surface area (Å²) >= 11 is 0. The van der Waals surface area contributed by atoms with Crippen LogP contribution in [0.3, 0.4) is 0 Å². The minimum absolute atomic E-state index is 0.0195. The first-order valence-corrected chi connectivity index (χ1v) is 7.22. The van der Waals surface area contributed by atoms with E-state index in [4.69, 9.17) is 9.47 Å². The molecule has 1 aliphatic rings. The van der Waals surface area contributed by atoms with Crippen LogP contribution >= 0.6 is 0 Å². The summed E-state index contributed by atoms with van der Waals surface area (Å²) < 4.78 is 10.9. The Morgan fingerprint density at radius 1 is 1.11 bits per heavy atom. The van der Waals surface area contributed by atoms with E-state index < -0.39 is 0 Å². The van der Waals surface area contributed by atoms with Crippen LogP contribution in [0.5, 0.6) is 0 Å². The lowest BCUT2D eigenvalue weighted by Gasteiger charge is -2.15. The summed E-state index contributed by atoms with van der Waals surface area (Å²) in [5.41, 5.74) is 0. The molecule has 0 saturated carbocycles. The molecule has 1 aliphatic heterocycles. The Labute approximate surface area is 116 Å². The van der Waals surface area contributed by atoms with Crippen molar-refractivity contribution in [2.75, 3.05) is 52.6 Å². The van der Waals surface area contributed by atoms with Crippen LogP contribution in [0.15, 0.2) is 0 Å². The van der Waals surface area contributed by atoms with Crippen LogP contribution in [0.2, 0.25) is 0 Å². The molecular formula is C14H28N2O3. The first kappa shape index (κ1) is 16.4. The van der Waals surface area contributed by atoms with Crippen molar-refractivity contribution in [3.05, 3.63) is 0 Å².